The van der Waals surface area contributed by atoms with Gasteiger partial charge in [0, 0.05) is 31.7 Å². The predicted molar refractivity (Wildman–Crippen MR) is 104 cm³/mol. The van der Waals surface area contributed by atoms with E-state index < -0.39 is 15.8 Å². The molecule has 2 aromatic carbocycles. The number of para-hydroxylation sites is 1. The number of benzene rings is 2. The van der Waals surface area contributed by atoms with E-state index in [1.54, 1.807) is 11.9 Å². The lowest BCUT2D eigenvalue weighted by molar-refractivity contribution is -0.123. The Morgan fingerprint density at radius 2 is 1.79 bits per heavy atom. The molecule has 0 unspecified atom stereocenters. The predicted octanol–water partition coefficient (Wildman–Crippen LogP) is 2.90. The lowest BCUT2D eigenvalue weighted by Crippen LogP contribution is -2.43. The summed E-state index contributed by atoms with van der Waals surface area (Å²) < 4.78 is 45.9. The number of halogens is 1. The van der Waals surface area contributed by atoms with Gasteiger partial charge < -0.3 is 9.64 Å². The van der Waals surface area contributed by atoms with Crippen LogP contribution in [0.15, 0.2) is 53.4 Å². The average molecular weight is 406 g/mol. The molecule has 1 saturated heterocycles. The van der Waals surface area contributed by atoms with Crippen molar-refractivity contribution >= 4 is 21.6 Å². The number of anilines is 1. The average Bonchev–Trinajstić information content (AvgIpc) is 2.73. The molecule has 0 spiro atoms. The van der Waals surface area contributed by atoms with Crippen LogP contribution in [-0.4, -0.2) is 45.9 Å². The molecule has 0 bridgehead atoms. The first-order chi connectivity index (χ1) is 13.3. The van der Waals surface area contributed by atoms with Gasteiger partial charge in [-0.2, -0.15) is 4.31 Å². The molecular formula is C20H23FN2O4S. The third kappa shape index (κ3) is 4.02. The number of hydrogen-bond donors (Lipinski definition) is 0. The van der Waals surface area contributed by atoms with Gasteiger partial charge in [-0.1, -0.05) is 18.2 Å². The highest BCUT2D eigenvalue weighted by Gasteiger charge is 2.35. The zero-order valence-corrected chi connectivity index (χ0v) is 16.7. The summed E-state index contributed by atoms with van der Waals surface area (Å²) in [6.45, 7) is 0.391. The fraction of sp³-hybridized carbons (Fsp3) is 0.350. The molecule has 0 N–H and O–H groups in total. The van der Waals surface area contributed by atoms with E-state index in [0.29, 0.717) is 12.8 Å². The first-order valence-electron chi connectivity index (χ1n) is 9.01. The van der Waals surface area contributed by atoms with Gasteiger partial charge >= 0.3 is 0 Å². The van der Waals surface area contributed by atoms with Crippen molar-refractivity contribution in [3.63, 3.8) is 0 Å². The third-order valence-electron chi connectivity index (χ3n) is 5.02. The maximum Gasteiger partial charge on any atom is 0.246 e. The first kappa shape index (κ1) is 20.3. The first-order valence-corrected chi connectivity index (χ1v) is 10.4. The number of hydrogen-bond acceptors (Lipinski definition) is 4. The van der Waals surface area contributed by atoms with Crippen LogP contribution in [-0.2, 0) is 14.8 Å². The normalized spacial score (nSPS) is 16.0. The highest BCUT2D eigenvalue weighted by atomic mass is 32.2. The molecule has 1 aliphatic heterocycles. The van der Waals surface area contributed by atoms with Gasteiger partial charge in [-0.25, -0.2) is 12.8 Å². The SMILES string of the molecule is COc1ccc(F)cc1S(=O)(=O)N1CCC(C(=O)N(C)c2ccccc2)CC1. The van der Waals surface area contributed by atoms with E-state index in [4.69, 9.17) is 4.74 Å². The van der Waals surface area contributed by atoms with Gasteiger partial charge in [0.2, 0.25) is 15.9 Å². The van der Waals surface area contributed by atoms with Gasteiger partial charge in [0.1, 0.15) is 16.5 Å². The summed E-state index contributed by atoms with van der Waals surface area (Å²) in [5, 5.41) is 0. The minimum absolute atomic E-state index is 0.0356. The van der Waals surface area contributed by atoms with Crippen molar-refractivity contribution in [2.24, 2.45) is 5.92 Å². The van der Waals surface area contributed by atoms with Gasteiger partial charge in [-0.3, -0.25) is 4.79 Å². The summed E-state index contributed by atoms with van der Waals surface area (Å²) in [4.78, 5) is 14.2. The van der Waals surface area contributed by atoms with Crippen molar-refractivity contribution in [2.75, 3.05) is 32.1 Å². The number of nitrogens with zero attached hydrogens (tertiary/aromatic N) is 2. The second-order valence-corrected chi connectivity index (χ2v) is 8.61. The number of carbonyl (C=O) groups is 1. The molecule has 0 atom stereocenters. The van der Waals surface area contributed by atoms with Crippen LogP contribution in [0.3, 0.4) is 0 Å². The molecule has 0 aromatic heterocycles. The van der Waals surface area contributed by atoms with Crippen LogP contribution in [0.5, 0.6) is 5.75 Å². The molecular weight excluding hydrogens is 383 g/mol. The molecule has 0 radical (unpaired) electrons. The standard InChI is InChI=1S/C20H23FN2O4S/c1-22(17-6-4-3-5-7-17)20(24)15-10-12-23(13-11-15)28(25,26)19-14-16(21)8-9-18(19)27-2/h3-9,14-15H,10-13H2,1-2H3. The highest BCUT2D eigenvalue weighted by Crippen LogP contribution is 2.31. The summed E-state index contributed by atoms with van der Waals surface area (Å²) in [5.74, 6) is -0.838. The van der Waals surface area contributed by atoms with E-state index in [1.165, 1.54) is 17.5 Å². The molecule has 6 nitrogen and oxygen atoms in total. The zero-order chi connectivity index (χ0) is 20.3. The Balaban J connectivity index is 1.71. The van der Waals surface area contributed by atoms with Crippen molar-refractivity contribution < 1.29 is 22.3 Å². The van der Waals surface area contributed by atoms with E-state index in [1.807, 2.05) is 30.3 Å². The molecule has 1 heterocycles. The molecule has 1 fully saturated rings. The summed E-state index contributed by atoms with van der Waals surface area (Å²) in [7, 11) is -0.841. The van der Waals surface area contributed by atoms with Crippen LogP contribution in [0.4, 0.5) is 10.1 Å². The minimum Gasteiger partial charge on any atom is -0.495 e. The maximum absolute atomic E-state index is 13.6. The molecule has 1 amide bonds. The number of rotatable bonds is 5. The van der Waals surface area contributed by atoms with Crippen LogP contribution in [0.25, 0.3) is 0 Å². The van der Waals surface area contributed by atoms with Gasteiger partial charge in [0.05, 0.1) is 7.11 Å². The lowest BCUT2D eigenvalue weighted by atomic mass is 9.96. The van der Waals surface area contributed by atoms with Crippen molar-refractivity contribution in [3.05, 3.63) is 54.3 Å². The second-order valence-electron chi connectivity index (χ2n) is 6.71. The number of sulfonamides is 1. The van der Waals surface area contributed by atoms with E-state index in [2.05, 4.69) is 0 Å². The van der Waals surface area contributed by atoms with Gasteiger partial charge in [-0.15, -0.1) is 0 Å². The smallest absolute Gasteiger partial charge is 0.246 e. The maximum atomic E-state index is 13.6. The molecule has 3 rings (SSSR count). The number of carbonyl (C=O) groups excluding carboxylic acids is 1. The Morgan fingerprint density at radius 1 is 1.14 bits per heavy atom. The number of amides is 1. The van der Waals surface area contributed by atoms with Gasteiger partial charge in [0.25, 0.3) is 0 Å². The molecule has 0 aliphatic carbocycles. The Bertz CT molecular complexity index is 942. The largest absolute Gasteiger partial charge is 0.495 e. The third-order valence-corrected chi connectivity index (χ3v) is 6.94. The van der Waals surface area contributed by atoms with Crippen LogP contribution in [0, 0.1) is 11.7 Å². The van der Waals surface area contributed by atoms with E-state index in [0.717, 1.165) is 17.8 Å². The van der Waals surface area contributed by atoms with Crippen molar-refractivity contribution in [2.45, 2.75) is 17.7 Å². The van der Waals surface area contributed by atoms with Crippen LogP contribution >= 0.6 is 0 Å². The van der Waals surface area contributed by atoms with E-state index in [-0.39, 0.29) is 35.6 Å². The second kappa shape index (κ2) is 8.28. The molecule has 8 heteroatoms. The summed E-state index contributed by atoms with van der Waals surface area (Å²) in [6, 6.07) is 12.7. The topological polar surface area (TPSA) is 66.9 Å². The van der Waals surface area contributed by atoms with Crippen LogP contribution < -0.4 is 9.64 Å². The number of piperidine rings is 1. The summed E-state index contributed by atoms with van der Waals surface area (Å²) >= 11 is 0. The molecule has 0 saturated carbocycles. The quantitative estimate of drug-likeness (QED) is 0.766. The monoisotopic (exact) mass is 406 g/mol. The Hall–Kier alpha value is -2.45. The Labute approximate surface area is 164 Å². The van der Waals surface area contributed by atoms with Crippen LogP contribution in [0.1, 0.15) is 12.8 Å². The fourth-order valence-corrected chi connectivity index (χ4v) is 5.02. The summed E-state index contributed by atoms with van der Waals surface area (Å²) in [6.07, 6.45) is 0.819. The van der Waals surface area contributed by atoms with Crippen molar-refractivity contribution in [3.8, 4) is 5.75 Å². The van der Waals surface area contributed by atoms with E-state index >= 15 is 0 Å². The van der Waals surface area contributed by atoms with E-state index in [9.17, 15) is 17.6 Å². The molecule has 2 aromatic rings. The molecule has 150 valence electrons. The van der Waals surface area contributed by atoms with Gasteiger partial charge in [-0.05, 0) is 43.2 Å². The van der Waals surface area contributed by atoms with Crippen molar-refractivity contribution in [1.82, 2.24) is 4.31 Å². The number of methoxy groups -OCH3 is 1. The van der Waals surface area contributed by atoms with Crippen molar-refractivity contribution in [1.29, 1.82) is 0 Å². The molecule has 28 heavy (non-hydrogen) atoms. The fourth-order valence-electron chi connectivity index (χ4n) is 3.39. The summed E-state index contributed by atoms with van der Waals surface area (Å²) in [5.41, 5.74) is 0.798. The Kier molecular flexibility index (Phi) is 6.00. The number of ether oxygens (including phenoxy) is 1. The zero-order valence-electron chi connectivity index (χ0n) is 15.8. The highest BCUT2D eigenvalue weighted by molar-refractivity contribution is 7.89. The molecule has 1 aliphatic rings. The van der Waals surface area contributed by atoms with Gasteiger partial charge in [0.15, 0.2) is 0 Å². The van der Waals surface area contributed by atoms with Crippen LogP contribution in [0.2, 0.25) is 0 Å². The Morgan fingerprint density at radius 3 is 2.39 bits per heavy atom. The lowest BCUT2D eigenvalue weighted by Gasteiger charge is -2.32. The minimum atomic E-state index is -3.91.